The van der Waals surface area contributed by atoms with Crippen LogP contribution in [0.15, 0.2) is 30.5 Å². The highest BCUT2D eigenvalue weighted by atomic mass is 19.1. The van der Waals surface area contributed by atoms with Gasteiger partial charge in [0.15, 0.2) is 0 Å². The van der Waals surface area contributed by atoms with Crippen LogP contribution in [0.5, 0.6) is 0 Å². The van der Waals surface area contributed by atoms with Gasteiger partial charge in [0.05, 0.1) is 18.0 Å². The largest absolute Gasteiger partial charge is 0.395 e. The Kier molecular flexibility index (Phi) is 6.23. The fourth-order valence-corrected chi connectivity index (χ4v) is 2.31. The second-order valence-electron chi connectivity index (χ2n) is 6.34. The van der Waals surface area contributed by atoms with Gasteiger partial charge in [-0.2, -0.15) is 0 Å². The molecule has 2 N–H and O–H groups in total. The van der Waals surface area contributed by atoms with E-state index in [0.29, 0.717) is 11.4 Å². The first kappa shape index (κ1) is 18.3. The number of hydrogen-bond acceptors (Lipinski definition) is 5. The molecule has 0 radical (unpaired) electrons. The van der Waals surface area contributed by atoms with Crippen LogP contribution >= 0.6 is 0 Å². The summed E-state index contributed by atoms with van der Waals surface area (Å²) in [7, 11) is 3.85. The Hall–Kier alpha value is -2.05. The van der Waals surface area contributed by atoms with E-state index in [-0.39, 0.29) is 30.9 Å². The molecule has 0 amide bonds. The van der Waals surface area contributed by atoms with Crippen molar-refractivity contribution in [2.75, 3.05) is 25.6 Å². The third-order valence-corrected chi connectivity index (χ3v) is 3.95. The Morgan fingerprint density at radius 2 is 1.96 bits per heavy atom. The van der Waals surface area contributed by atoms with Gasteiger partial charge in [-0.15, -0.1) is 0 Å². The van der Waals surface area contributed by atoms with Gasteiger partial charge in [0.25, 0.3) is 0 Å². The molecule has 24 heavy (non-hydrogen) atoms. The van der Waals surface area contributed by atoms with Crippen molar-refractivity contribution in [3.63, 3.8) is 0 Å². The van der Waals surface area contributed by atoms with E-state index in [1.807, 2.05) is 45.0 Å². The predicted molar refractivity (Wildman–Crippen MR) is 94.3 cm³/mol. The monoisotopic (exact) mass is 332 g/mol. The van der Waals surface area contributed by atoms with Crippen LogP contribution in [0.3, 0.4) is 0 Å². The minimum atomic E-state index is -0.357. The van der Waals surface area contributed by atoms with Gasteiger partial charge < -0.3 is 15.3 Å². The summed E-state index contributed by atoms with van der Waals surface area (Å²) in [6.07, 6.45) is 1.73. The number of halogens is 1. The average molecular weight is 332 g/mol. The summed E-state index contributed by atoms with van der Waals surface area (Å²) in [5, 5.41) is 12.5. The zero-order valence-corrected chi connectivity index (χ0v) is 14.6. The van der Waals surface area contributed by atoms with E-state index in [4.69, 9.17) is 0 Å². The fourth-order valence-electron chi connectivity index (χ4n) is 2.31. The van der Waals surface area contributed by atoms with Gasteiger partial charge in [-0.3, -0.25) is 0 Å². The molecule has 0 bridgehead atoms. The fraction of sp³-hybridized carbons (Fsp3) is 0.444. The number of anilines is 1. The molecule has 2 aromatic heterocycles. The van der Waals surface area contributed by atoms with Crippen LogP contribution in [-0.2, 0) is 6.54 Å². The predicted octanol–water partition coefficient (Wildman–Crippen LogP) is 2.46. The summed E-state index contributed by atoms with van der Waals surface area (Å²) in [6, 6.07) is 6.80. The maximum Gasteiger partial charge on any atom is 0.146 e. The molecule has 0 aliphatic carbocycles. The maximum atomic E-state index is 14.0. The first-order valence-electron chi connectivity index (χ1n) is 8.05. The molecule has 0 saturated heterocycles. The van der Waals surface area contributed by atoms with Crippen molar-refractivity contribution < 1.29 is 9.50 Å². The molecule has 2 aromatic rings. The number of nitrogens with zero attached hydrogens (tertiary/aromatic N) is 3. The Morgan fingerprint density at radius 3 is 2.50 bits per heavy atom. The van der Waals surface area contributed by atoms with Gasteiger partial charge in [-0.25, -0.2) is 14.4 Å². The molecule has 6 heteroatoms. The summed E-state index contributed by atoms with van der Waals surface area (Å²) in [4.78, 5) is 10.7. The van der Waals surface area contributed by atoms with Crippen LogP contribution in [-0.4, -0.2) is 41.8 Å². The van der Waals surface area contributed by atoms with Crippen LogP contribution in [0.2, 0.25) is 0 Å². The number of pyridine rings is 2. The van der Waals surface area contributed by atoms with Gasteiger partial charge >= 0.3 is 0 Å². The topological polar surface area (TPSA) is 61.3 Å². The highest BCUT2D eigenvalue weighted by Crippen LogP contribution is 2.20. The molecule has 0 saturated carbocycles. The van der Waals surface area contributed by atoms with E-state index in [1.165, 1.54) is 6.07 Å². The van der Waals surface area contributed by atoms with Crippen molar-refractivity contribution in [2.45, 2.75) is 26.4 Å². The third-order valence-electron chi connectivity index (χ3n) is 3.95. The van der Waals surface area contributed by atoms with Gasteiger partial charge in [0.1, 0.15) is 11.6 Å². The first-order valence-corrected chi connectivity index (χ1v) is 8.05. The van der Waals surface area contributed by atoms with Crippen molar-refractivity contribution in [3.05, 3.63) is 42.0 Å². The Bertz CT molecular complexity index is 659. The number of hydrogen-bond donors (Lipinski definition) is 2. The summed E-state index contributed by atoms with van der Waals surface area (Å²) in [5.41, 5.74) is 1.85. The van der Waals surface area contributed by atoms with Gasteiger partial charge in [0, 0.05) is 38.4 Å². The summed E-state index contributed by atoms with van der Waals surface area (Å²) < 4.78 is 14.0. The highest BCUT2D eigenvalue weighted by molar-refractivity contribution is 5.60. The van der Waals surface area contributed by atoms with Crippen LogP contribution in [0.25, 0.3) is 11.3 Å². The number of nitrogens with one attached hydrogen (secondary N) is 1. The summed E-state index contributed by atoms with van der Waals surface area (Å²) in [5.74, 6) is 0.749. The molecule has 0 unspecified atom stereocenters. The number of aliphatic hydroxyl groups excluding tert-OH is 1. The van der Waals surface area contributed by atoms with Crippen molar-refractivity contribution in [3.8, 4) is 11.3 Å². The van der Waals surface area contributed by atoms with Crippen LogP contribution < -0.4 is 10.2 Å². The van der Waals surface area contributed by atoms with E-state index >= 15 is 0 Å². The van der Waals surface area contributed by atoms with Crippen LogP contribution in [0.4, 0.5) is 10.2 Å². The van der Waals surface area contributed by atoms with Crippen molar-refractivity contribution >= 4 is 5.82 Å². The zero-order valence-electron chi connectivity index (χ0n) is 14.6. The molecule has 0 spiro atoms. The van der Waals surface area contributed by atoms with Gasteiger partial charge in [-0.1, -0.05) is 13.8 Å². The summed E-state index contributed by atoms with van der Waals surface area (Å²) >= 11 is 0. The maximum absolute atomic E-state index is 14.0. The molecule has 130 valence electrons. The molecule has 1 atom stereocenters. The van der Waals surface area contributed by atoms with Gasteiger partial charge in [0.2, 0.25) is 0 Å². The number of aromatic nitrogens is 2. The Labute approximate surface area is 142 Å². The lowest BCUT2D eigenvalue weighted by Crippen LogP contribution is -2.36. The highest BCUT2D eigenvalue weighted by Gasteiger charge is 2.14. The second-order valence-corrected chi connectivity index (χ2v) is 6.34. The van der Waals surface area contributed by atoms with E-state index in [9.17, 15) is 9.50 Å². The minimum Gasteiger partial charge on any atom is -0.395 e. The van der Waals surface area contributed by atoms with E-state index < -0.39 is 0 Å². The normalized spacial score (nSPS) is 12.5. The lowest BCUT2D eigenvalue weighted by Gasteiger charge is -2.20. The first-order chi connectivity index (χ1) is 11.4. The molecule has 0 fully saturated rings. The van der Waals surface area contributed by atoms with E-state index in [1.54, 1.807) is 12.3 Å². The molecular weight excluding hydrogens is 307 g/mol. The average Bonchev–Trinajstić information content (AvgIpc) is 2.56. The quantitative estimate of drug-likeness (QED) is 0.815. The standard InChI is InChI=1S/C18H25FN4O/c1-12(2)17(11-24)20-10-16-14(19)6-7-15(22-16)13-5-8-18(21-9-13)23(3)4/h5-9,12,17,20,24H,10-11H2,1-4H3/t17-/m0/s1. The van der Waals surface area contributed by atoms with E-state index in [0.717, 1.165) is 11.4 Å². The van der Waals surface area contributed by atoms with Crippen molar-refractivity contribution in [1.29, 1.82) is 0 Å². The molecule has 2 heterocycles. The summed E-state index contributed by atoms with van der Waals surface area (Å²) in [6.45, 7) is 4.29. The Morgan fingerprint density at radius 1 is 1.21 bits per heavy atom. The molecule has 2 rings (SSSR count). The van der Waals surface area contributed by atoms with Crippen molar-refractivity contribution in [1.82, 2.24) is 15.3 Å². The molecule has 0 aliphatic heterocycles. The molecule has 5 nitrogen and oxygen atoms in total. The van der Waals surface area contributed by atoms with Crippen molar-refractivity contribution in [2.24, 2.45) is 5.92 Å². The molecule has 0 aromatic carbocycles. The number of aliphatic hydroxyl groups is 1. The van der Waals surface area contributed by atoms with Gasteiger partial charge in [-0.05, 0) is 30.2 Å². The molecule has 0 aliphatic rings. The zero-order chi connectivity index (χ0) is 17.7. The minimum absolute atomic E-state index is 0.00882. The lowest BCUT2D eigenvalue weighted by atomic mass is 10.1. The molecular formula is C18H25FN4O. The smallest absolute Gasteiger partial charge is 0.146 e. The number of rotatable bonds is 7. The van der Waals surface area contributed by atoms with E-state index in [2.05, 4.69) is 15.3 Å². The van der Waals surface area contributed by atoms with Crippen LogP contribution in [0, 0.1) is 11.7 Å². The second kappa shape index (κ2) is 8.17. The SMILES string of the molecule is CC(C)[C@H](CO)NCc1nc(-c2ccc(N(C)C)nc2)ccc1F. The third kappa shape index (κ3) is 4.49. The van der Waals surface area contributed by atoms with Crippen LogP contribution in [0.1, 0.15) is 19.5 Å². The lowest BCUT2D eigenvalue weighted by molar-refractivity contribution is 0.209. The Balaban J connectivity index is 2.18.